The molecule has 0 saturated heterocycles. The SMILES string of the molecule is CCNC(=NCC1(CCOCC)CCCC1)NCCc1nc(-c2ccco2)n[nH]1.I. The largest absolute Gasteiger partial charge is 0.461 e. The Labute approximate surface area is 196 Å². The molecule has 3 N–H and O–H groups in total. The number of halogens is 1. The van der Waals surface area contributed by atoms with Crippen molar-refractivity contribution in [2.45, 2.75) is 52.4 Å². The molecule has 0 radical (unpaired) electrons. The van der Waals surface area contributed by atoms with Crippen molar-refractivity contribution in [1.82, 2.24) is 25.8 Å². The molecule has 3 rings (SSSR count). The smallest absolute Gasteiger partial charge is 0.216 e. The van der Waals surface area contributed by atoms with Crippen LogP contribution in [-0.2, 0) is 11.2 Å². The molecule has 0 unspecified atom stereocenters. The average molecular weight is 530 g/mol. The molecule has 0 amide bonds. The third-order valence-corrected chi connectivity index (χ3v) is 5.49. The number of hydrogen-bond donors (Lipinski definition) is 3. The van der Waals surface area contributed by atoms with Crippen molar-refractivity contribution in [3.8, 4) is 11.6 Å². The molecule has 1 aliphatic rings. The zero-order chi connectivity index (χ0) is 20.4. The molecule has 30 heavy (non-hydrogen) atoms. The van der Waals surface area contributed by atoms with Gasteiger partial charge >= 0.3 is 0 Å². The highest BCUT2D eigenvalue weighted by Crippen LogP contribution is 2.41. The Balaban J connectivity index is 0.00000320. The lowest BCUT2D eigenvalue weighted by molar-refractivity contribution is 0.107. The van der Waals surface area contributed by atoms with Crippen LogP contribution >= 0.6 is 24.0 Å². The lowest BCUT2D eigenvalue weighted by Gasteiger charge is -2.27. The minimum atomic E-state index is 0. The van der Waals surface area contributed by atoms with Gasteiger partial charge in [-0.2, -0.15) is 5.10 Å². The lowest BCUT2D eigenvalue weighted by Crippen LogP contribution is -2.39. The Bertz CT molecular complexity index is 741. The topological polar surface area (TPSA) is 100 Å². The number of nitrogens with one attached hydrogen (secondary N) is 3. The van der Waals surface area contributed by atoms with E-state index < -0.39 is 0 Å². The fourth-order valence-corrected chi connectivity index (χ4v) is 3.86. The first kappa shape index (κ1) is 24.6. The number of nitrogens with zero attached hydrogens (tertiary/aromatic N) is 3. The summed E-state index contributed by atoms with van der Waals surface area (Å²) in [6, 6.07) is 3.68. The molecule has 0 bridgehead atoms. The first-order valence-electron chi connectivity index (χ1n) is 10.8. The van der Waals surface area contributed by atoms with E-state index in [9.17, 15) is 0 Å². The van der Waals surface area contributed by atoms with E-state index in [1.807, 2.05) is 12.1 Å². The van der Waals surface area contributed by atoms with Gasteiger partial charge in [0.05, 0.1) is 6.26 Å². The molecule has 9 heteroatoms. The molecule has 2 aromatic heterocycles. The first-order valence-corrected chi connectivity index (χ1v) is 10.8. The van der Waals surface area contributed by atoms with Crippen LogP contribution in [0.15, 0.2) is 27.8 Å². The summed E-state index contributed by atoms with van der Waals surface area (Å²) in [6.45, 7) is 8.17. The van der Waals surface area contributed by atoms with Gasteiger partial charge in [0.15, 0.2) is 11.7 Å². The van der Waals surface area contributed by atoms with Crippen molar-refractivity contribution < 1.29 is 9.15 Å². The van der Waals surface area contributed by atoms with Gasteiger partial charge in [-0.25, -0.2) is 4.98 Å². The molecular weight excluding hydrogens is 495 g/mol. The Kier molecular flexibility index (Phi) is 10.6. The molecule has 2 aromatic rings. The van der Waals surface area contributed by atoms with E-state index in [4.69, 9.17) is 14.1 Å². The van der Waals surface area contributed by atoms with Gasteiger partial charge in [-0.3, -0.25) is 10.1 Å². The number of aliphatic imine (C=N–C) groups is 1. The fraction of sp³-hybridized carbons (Fsp3) is 0.667. The zero-order valence-corrected chi connectivity index (χ0v) is 20.4. The summed E-state index contributed by atoms with van der Waals surface area (Å²) in [6.07, 6.45) is 8.54. The standard InChI is InChI=1S/C21H34N6O2.HI/c1-3-22-20(24-16-21(10-5-6-11-21)12-15-28-4-2)23-13-9-18-25-19(27-26-18)17-8-7-14-29-17;/h7-8,14H,3-6,9-13,15-16H2,1-2H3,(H2,22,23,24)(H,25,26,27);1H. The average Bonchev–Trinajstić information content (AvgIpc) is 3.48. The normalized spacial score (nSPS) is 15.7. The number of aromatic amines is 1. The van der Waals surface area contributed by atoms with E-state index in [-0.39, 0.29) is 24.0 Å². The van der Waals surface area contributed by atoms with Crippen molar-refractivity contribution in [2.24, 2.45) is 10.4 Å². The van der Waals surface area contributed by atoms with Crippen LogP contribution < -0.4 is 10.6 Å². The molecule has 0 aliphatic heterocycles. The van der Waals surface area contributed by atoms with E-state index in [1.165, 1.54) is 25.7 Å². The van der Waals surface area contributed by atoms with Crippen LogP contribution in [0.1, 0.15) is 51.8 Å². The number of hydrogen-bond acceptors (Lipinski definition) is 5. The van der Waals surface area contributed by atoms with E-state index in [0.717, 1.165) is 57.5 Å². The fourth-order valence-electron chi connectivity index (χ4n) is 3.86. The van der Waals surface area contributed by atoms with E-state index in [2.05, 4.69) is 39.7 Å². The van der Waals surface area contributed by atoms with Gasteiger partial charge in [0, 0.05) is 39.3 Å². The molecule has 168 valence electrons. The Morgan fingerprint density at radius 1 is 1.30 bits per heavy atom. The number of H-pyrrole nitrogens is 1. The van der Waals surface area contributed by atoms with Gasteiger partial charge in [-0.05, 0) is 50.7 Å². The highest BCUT2D eigenvalue weighted by Gasteiger charge is 2.33. The molecule has 1 aliphatic carbocycles. The van der Waals surface area contributed by atoms with Crippen LogP contribution in [0, 0.1) is 5.41 Å². The highest BCUT2D eigenvalue weighted by atomic mass is 127. The maximum atomic E-state index is 5.61. The van der Waals surface area contributed by atoms with Gasteiger partial charge in [0.2, 0.25) is 5.82 Å². The van der Waals surface area contributed by atoms with Crippen molar-refractivity contribution in [1.29, 1.82) is 0 Å². The first-order chi connectivity index (χ1) is 14.2. The summed E-state index contributed by atoms with van der Waals surface area (Å²) in [7, 11) is 0. The van der Waals surface area contributed by atoms with Crippen molar-refractivity contribution >= 4 is 29.9 Å². The van der Waals surface area contributed by atoms with Gasteiger partial charge in [0.1, 0.15) is 5.82 Å². The van der Waals surface area contributed by atoms with Crippen LogP contribution in [0.4, 0.5) is 0 Å². The molecule has 1 saturated carbocycles. The van der Waals surface area contributed by atoms with E-state index >= 15 is 0 Å². The summed E-state index contributed by atoms with van der Waals surface area (Å²) >= 11 is 0. The van der Waals surface area contributed by atoms with E-state index in [1.54, 1.807) is 6.26 Å². The van der Waals surface area contributed by atoms with Gasteiger partial charge in [-0.15, -0.1) is 24.0 Å². The number of rotatable bonds is 11. The van der Waals surface area contributed by atoms with Crippen molar-refractivity contribution in [3.05, 3.63) is 24.2 Å². The van der Waals surface area contributed by atoms with Gasteiger partial charge in [-0.1, -0.05) is 12.8 Å². The predicted octanol–water partition coefficient (Wildman–Crippen LogP) is 3.77. The van der Waals surface area contributed by atoms with Crippen LogP contribution in [0.5, 0.6) is 0 Å². The second kappa shape index (κ2) is 12.9. The van der Waals surface area contributed by atoms with Gasteiger partial charge < -0.3 is 19.8 Å². The second-order valence-electron chi connectivity index (χ2n) is 7.61. The summed E-state index contributed by atoms with van der Waals surface area (Å²) in [5.74, 6) is 2.94. The van der Waals surface area contributed by atoms with E-state index in [0.29, 0.717) is 17.0 Å². The van der Waals surface area contributed by atoms with Crippen LogP contribution in [-0.4, -0.2) is 54.0 Å². The molecule has 0 aromatic carbocycles. The predicted molar refractivity (Wildman–Crippen MR) is 129 cm³/mol. The summed E-state index contributed by atoms with van der Waals surface area (Å²) in [4.78, 5) is 9.38. The van der Waals surface area contributed by atoms with Crippen LogP contribution in [0.25, 0.3) is 11.6 Å². The quantitative estimate of drug-likeness (QED) is 0.177. The lowest BCUT2D eigenvalue weighted by atomic mass is 9.83. The van der Waals surface area contributed by atoms with Gasteiger partial charge in [0.25, 0.3) is 0 Å². The second-order valence-corrected chi connectivity index (χ2v) is 7.61. The van der Waals surface area contributed by atoms with Crippen LogP contribution in [0.2, 0.25) is 0 Å². The monoisotopic (exact) mass is 530 g/mol. The molecule has 0 atom stereocenters. The summed E-state index contributed by atoms with van der Waals surface area (Å²) in [5, 5.41) is 14.0. The Morgan fingerprint density at radius 3 is 2.83 bits per heavy atom. The molecule has 0 spiro atoms. The maximum absolute atomic E-state index is 5.61. The molecule has 8 nitrogen and oxygen atoms in total. The Morgan fingerprint density at radius 2 is 2.13 bits per heavy atom. The third kappa shape index (κ3) is 7.26. The Hall–Kier alpha value is -1.62. The van der Waals surface area contributed by atoms with Crippen molar-refractivity contribution in [3.63, 3.8) is 0 Å². The summed E-state index contributed by atoms with van der Waals surface area (Å²) < 4.78 is 10.9. The number of ether oxygens (including phenoxy) is 1. The number of guanidine groups is 1. The number of aromatic nitrogens is 3. The zero-order valence-electron chi connectivity index (χ0n) is 18.1. The summed E-state index contributed by atoms with van der Waals surface area (Å²) in [5.41, 5.74) is 0.292. The van der Waals surface area contributed by atoms with Crippen molar-refractivity contribution in [2.75, 3.05) is 32.8 Å². The molecule has 1 fully saturated rings. The number of furan rings is 1. The maximum Gasteiger partial charge on any atom is 0.216 e. The minimum Gasteiger partial charge on any atom is -0.461 e. The highest BCUT2D eigenvalue weighted by molar-refractivity contribution is 14.0. The molecular formula is C21H35IN6O2. The molecule has 2 heterocycles. The minimum absolute atomic E-state index is 0. The van der Waals surface area contributed by atoms with Crippen LogP contribution in [0.3, 0.4) is 0 Å². The third-order valence-electron chi connectivity index (χ3n) is 5.49.